The molecular weight excluding hydrogens is 249 g/mol. The fourth-order valence-corrected chi connectivity index (χ4v) is 1.13. The molecule has 0 bridgehead atoms. The number of hydrogen-bond donors (Lipinski definition) is 1. The Morgan fingerprint density at radius 2 is 2.06 bits per heavy atom. The summed E-state index contributed by atoms with van der Waals surface area (Å²) in [6.07, 6.45) is -4.93. The monoisotopic (exact) mass is 254 g/mol. The molecule has 0 aliphatic carbocycles. The maximum atomic E-state index is 11.9. The summed E-state index contributed by atoms with van der Waals surface area (Å²) in [5.74, 6) is -2.46. The lowest BCUT2D eigenvalue weighted by atomic mass is 10.1. The predicted octanol–water partition coefficient (Wildman–Crippen LogP) is 2.71. The van der Waals surface area contributed by atoms with Gasteiger partial charge in [-0.1, -0.05) is 0 Å². The minimum Gasteiger partial charge on any atom is -0.504 e. The van der Waals surface area contributed by atoms with Gasteiger partial charge in [0.15, 0.2) is 17.3 Å². The quantitative estimate of drug-likeness (QED) is 0.666. The number of Topliss-reactive ketones (excluding diaryl/α,β-unsaturated/α-hetero) is 1. The summed E-state index contributed by atoms with van der Waals surface area (Å²) in [7, 11) is 0. The first kappa shape index (κ1) is 12.6. The van der Waals surface area contributed by atoms with Crippen LogP contribution < -0.4 is 4.74 Å². The summed E-state index contributed by atoms with van der Waals surface area (Å²) in [5.41, 5.74) is -0.0629. The van der Waals surface area contributed by atoms with Gasteiger partial charge in [-0.25, -0.2) is 0 Å². The van der Waals surface area contributed by atoms with E-state index in [4.69, 9.17) is 16.7 Å². The second-order valence-corrected chi connectivity index (χ2v) is 3.05. The lowest BCUT2D eigenvalue weighted by Crippen LogP contribution is -2.17. The van der Waals surface area contributed by atoms with Gasteiger partial charge < -0.3 is 9.84 Å². The molecule has 0 atom stereocenters. The maximum Gasteiger partial charge on any atom is 0.573 e. The molecule has 1 aromatic rings. The number of aromatic hydroxyl groups is 1. The van der Waals surface area contributed by atoms with Gasteiger partial charge in [-0.3, -0.25) is 4.79 Å². The summed E-state index contributed by atoms with van der Waals surface area (Å²) in [4.78, 5) is 11.1. The van der Waals surface area contributed by atoms with Gasteiger partial charge in [-0.05, 0) is 18.2 Å². The Morgan fingerprint density at radius 3 is 2.56 bits per heavy atom. The van der Waals surface area contributed by atoms with E-state index < -0.39 is 23.6 Å². The zero-order valence-corrected chi connectivity index (χ0v) is 8.47. The first-order valence-corrected chi connectivity index (χ1v) is 4.55. The van der Waals surface area contributed by atoms with Crippen molar-refractivity contribution in [3.8, 4) is 11.5 Å². The van der Waals surface area contributed by atoms with Crippen molar-refractivity contribution in [1.82, 2.24) is 0 Å². The average Bonchev–Trinajstić information content (AvgIpc) is 2.18. The first-order valence-electron chi connectivity index (χ1n) is 4.01. The SMILES string of the molecule is O=C(CCl)c1ccc(O)c(OC(F)(F)F)c1. The molecular formula is C9H6ClF3O3. The molecule has 3 nitrogen and oxygen atoms in total. The van der Waals surface area contributed by atoms with Gasteiger partial charge in [-0.2, -0.15) is 0 Å². The lowest BCUT2D eigenvalue weighted by Gasteiger charge is -2.10. The van der Waals surface area contributed by atoms with Gasteiger partial charge in [0.1, 0.15) is 0 Å². The van der Waals surface area contributed by atoms with E-state index in [1.807, 2.05) is 0 Å². The van der Waals surface area contributed by atoms with Crippen molar-refractivity contribution in [3.63, 3.8) is 0 Å². The first-order chi connectivity index (χ1) is 7.33. The highest BCUT2D eigenvalue weighted by Crippen LogP contribution is 2.32. The molecule has 7 heteroatoms. The number of ketones is 1. The molecule has 1 rings (SSSR count). The number of phenolic OH excluding ortho intramolecular Hbond substituents is 1. The van der Waals surface area contributed by atoms with Gasteiger partial charge in [-0.15, -0.1) is 24.8 Å². The highest BCUT2D eigenvalue weighted by Gasteiger charge is 2.32. The maximum absolute atomic E-state index is 11.9. The molecule has 0 aromatic heterocycles. The molecule has 0 amide bonds. The third-order valence-corrected chi connectivity index (χ3v) is 1.87. The van der Waals surface area contributed by atoms with Crippen LogP contribution in [0.4, 0.5) is 13.2 Å². The number of ether oxygens (including phenoxy) is 1. The van der Waals surface area contributed by atoms with Crippen LogP contribution in [0.2, 0.25) is 0 Å². The van der Waals surface area contributed by atoms with E-state index in [-0.39, 0.29) is 11.4 Å². The van der Waals surface area contributed by atoms with Crippen molar-refractivity contribution >= 4 is 17.4 Å². The highest BCUT2D eigenvalue weighted by molar-refractivity contribution is 6.30. The Kier molecular flexibility index (Phi) is 3.64. The molecule has 0 saturated heterocycles. The summed E-state index contributed by atoms with van der Waals surface area (Å²) in [6.45, 7) is 0. The Balaban J connectivity index is 3.04. The van der Waals surface area contributed by atoms with Crippen LogP contribution in [-0.4, -0.2) is 23.1 Å². The molecule has 0 spiro atoms. The molecule has 0 aliphatic heterocycles. The molecule has 0 heterocycles. The third kappa shape index (κ3) is 3.30. The van der Waals surface area contributed by atoms with Crippen LogP contribution in [0.1, 0.15) is 10.4 Å². The fourth-order valence-electron chi connectivity index (χ4n) is 0.971. The topological polar surface area (TPSA) is 46.5 Å². The molecule has 0 aliphatic rings. The molecule has 88 valence electrons. The van der Waals surface area contributed by atoms with Crippen LogP contribution in [0.5, 0.6) is 11.5 Å². The standard InChI is InChI=1S/C9H6ClF3O3/c10-4-7(15)5-1-2-6(14)8(3-5)16-9(11,12)13/h1-3,14H,4H2. The van der Waals surface area contributed by atoms with Gasteiger partial charge >= 0.3 is 6.36 Å². The second-order valence-electron chi connectivity index (χ2n) is 2.79. The minimum absolute atomic E-state index is 0.0629. The lowest BCUT2D eigenvalue weighted by molar-refractivity contribution is -0.275. The molecule has 0 radical (unpaired) electrons. The van der Waals surface area contributed by atoms with Crippen molar-refractivity contribution < 1.29 is 27.8 Å². The number of rotatable bonds is 3. The van der Waals surface area contributed by atoms with E-state index in [0.717, 1.165) is 18.2 Å². The Bertz CT molecular complexity index is 403. The number of phenols is 1. The molecule has 0 saturated carbocycles. The van der Waals surface area contributed by atoms with Crippen molar-refractivity contribution in [1.29, 1.82) is 0 Å². The number of hydrogen-bond acceptors (Lipinski definition) is 3. The van der Waals surface area contributed by atoms with Crippen molar-refractivity contribution in [3.05, 3.63) is 23.8 Å². The van der Waals surface area contributed by atoms with E-state index in [1.165, 1.54) is 0 Å². The third-order valence-electron chi connectivity index (χ3n) is 1.63. The molecule has 1 N–H and O–H groups in total. The van der Waals surface area contributed by atoms with Crippen LogP contribution in [0.3, 0.4) is 0 Å². The van der Waals surface area contributed by atoms with Crippen LogP contribution in [0, 0.1) is 0 Å². The van der Waals surface area contributed by atoms with E-state index in [2.05, 4.69) is 4.74 Å². The molecule has 0 fully saturated rings. The van der Waals surface area contributed by atoms with Crippen LogP contribution in [-0.2, 0) is 0 Å². The largest absolute Gasteiger partial charge is 0.573 e. The summed E-state index contributed by atoms with van der Waals surface area (Å²) in [5, 5.41) is 9.08. The molecule has 1 aromatic carbocycles. The van der Waals surface area contributed by atoms with Gasteiger partial charge in [0, 0.05) is 5.56 Å². The predicted molar refractivity (Wildman–Crippen MR) is 49.8 cm³/mol. The van der Waals surface area contributed by atoms with E-state index in [9.17, 15) is 18.0 Å². The van der Waals surface area contributed by atoms with Gasteiger partial charge in [0.25, 0.3) is 0 Å². The average molecular weight is 255 g/mol. The fraction of sp³-hybridized carbons (Fsp3) is 0.222. The summed E-state index contributed by atoms with van der Waals surface area (Å²) in [6, 6.07) is 2.87. The van der Waals surface area contributed by atoms with Crippen LogP contribution >= 0.6 is 11.6 Å². The Hall–Kier alpha value is -1.43. The number of carbonyl (C=O) groups is 1. The highest BCUT2D eigenvalue weighted by atomic mass is 35.5. The Labute approximate surface area is 93.4 Å². The van der Waals surface area contributed by atoms with Crippen LogP contribution in [0.25, 0.3) is 0 Å². The second kappa shape index (κ2) is 4.61. The van der Waals surface area contributed by atoms with E-state index in [1.54, 1.807) is 0 Å². The van der Waals surface area contributed by atoms with E-state index >= 15 is 0 Å². The normalized spacial score (nSPS) is 11.2. The number of carbonyl (C=O) groups excluding carboxylic acids is 1. The van der Waals surface area contributed by atoms with Crippen LogP contribution in [0.15, 0.2) is 18.2 Å². The smallest absolute Gasteiger partial charge is 0.504 e. The number of alkyl halides is 4. The van der Waals surface area contributed by atoms with Gasteiger partial charge in [0.05, 0.1) is 5.88 Å². The van der Waals surface area contributed by atoms with E-state index in [0.29, 0.717) is 0 Å². The molecule has 16 heavy (non-hydrogen) atoms. The van der Waals surface area contributed by atoms with Crippen molar-refractivity contribution in [2.75, 3.05) is 5.88 Å². The summed E-state index contributed by atoms with van der Waals surface area (Å²) >= 11 is 5.24. The summed E-state index contributed by atoms with van der Waals surface area (Å²) < 4.78 is 39.2. The zero-order chi connectivity index (χ0) is 12.3. The Morgan fingerprint density at radius 1 is 1.44 bits per heavy atom. The van der Waals surface area contributed by atoms with Crippen molar-refractivity contribution in [2.45, 2.75) is 6.36 Å². The molecule has 0 unspecified atom stereocenters. The minimum atomic E-state index is -4.93. The van der Waals surface area contributed by atoms with Gasteiger partial charge in [0.2, 0.25) is 0 Å². The number of benzene rings is 1. The number of halogens is 4. The van der Waals surface area contributed by atoms with Crippen molar-refractivity contribution in [2.24, 2.45) is 0 Å². The zero-order valence-electron chi connectivity index (χ0n) is 7.71.